The highest BCUT2D eigenvalue weighted by Gasteiger charge is 2.38. The minimum absolute atomic E-state index is 0.0131. The highest BCUT2D eigenvalue weighted by Crippen LogP contribution is 2.35. The molecule has 8 heteroatoms. The van der Waals surface area contributed by atoms with Crippen molar-refractivity contribution in [3.05, 3.63) is 81.4 Å². The summed E-state index contributed by atoms with van der Waals surface area (Å²) in [6, 6.07) is 8.43. The number of aryl methyl sites for hydroxylation is 1. The molecule has 1 aliphatic heterocycles. The van der Waals surface area contributed by atoms with E-state index in [2.05, 4.69) is 6.58 Å². The molecule has 1 amide bonds. The molecular weight excluding hydrogens is 467 g/mol. The van der Waals surface area contributed by atoms with Crippen LogP contribution in [0.4, 0.5) is 13.2 Å². The molecule has 1 aliphatic carbocycles. The molecule has 0 N–H and O–H groups in total. The molecule has 4 nitrogen and oxygen atoms in total. The molecule has 0 radical (unpaired) electrons. The van der Waals surface area contributed by atoms with Crippen LogP contribution in [0.3, 0.4) is 0 Å². The van der Waals surface area contributed by atoms with Gasteiger partial charge >= 0.3 is 6.18 Å². The maximum absolute atomic E-state index is 13.0. The Morgan fingerprint density at radius 1 is 1.12 bits per heavy atom. The Labute approximate surface area is 200 Å². The number of alkyl halides is 3. The molecular formula is C26H23ClF3NO3. The number of hydrogen-bond acceptors (Lipinski definition) is 3. The summed E-state index contributed by atoms with van der Waals surface area (Å²) < 4.78 is 39.1. The van der Waals surface area contributed by atoms with Crippen molar-refractivity contribution in [1.29, 1.82) is 0 Å². The lowest BCUT2D eigenvalue weighted by molar-refractivity contribution is -0.137. The molecule has 1 atom stereocenters. The van der Waals surface area contributed by atoms with Gasteiger partial charge in [-0.1, -0.05) is 42.0 Å². The van der Waals surface area contributed by atoms with Gasteiger partial charge in [0.25, 0.3) is 5.91 Å². The Morgan fingerprint density at radius 2 is 1.85 bits per heavy atom. The SMILES string of the molecule is C=C1CCC(N2Cc3cc(CCC(=O)Cc4ccc(Cl)c(C(F)(F)F)c4)ccc3C2=O)C(=O)C1. The third kappa shape index (κ3) is 5.09. The molecule has 1 unspecified atom stereocenters. The Hall–Kier alpha value is -2.93. The summed E-state index contributed by atoms with van der Waals surface area (Å²) in [6.07, 6.45) is -2.53. The number of rotatable bonds is 6. The first-order valence-corrected chi connectivity index (χ1v) is 11.4. The van der Waals surface area contributed by atoms with Crippen LogP contribution in [0.2, 0.25) is 5.02 Å². The summed E-state index contributed by atoms with van der Waals surface area (Å²) in [5.74, 6) is -0.340. The lowest BCUT2D eigenvalue weighted by atomic mass is 9.90. The molecule has 0 bridgehead atoms. The van der Waals surface area contributed by atoms with E-state index in [9.17, 15) is 27.6 Å². The van der Waals surface area contributed by atoms with Gasteiger partial charge < -0.3 is 4.90 Å². The van der Waals surface area contributed by atoms with Crippen LogP contribution >= 0.6 is 11.6 Å². The van der Waals surface area contributed by atoms with Crippen molar-refractivity contribution in [3.8, 4) is 0 Å². The first-order valence-electron chi connectivity index (χ1n) is 11.0. The van der Waals surface area contributed by atoms with Gasteiger partial charge in [0.1, 0.15) is 5.78 Å². The van der Waals surface area contributed by atoms with Crippen LogP contribution in [-0.4, -0.2) is 28.4 Å². The lowest BCUT2D eigenvalue weighted by Gasteiger charge is -2.30. The number of fused-ring (bicyclic) bond motifs is 1. The van der Waals surface area contributed by atoms with Crippen LogP contribution in [0.15, 0.2) is 48.6 Å². The third-order valence-electron chi connectivity index (χ3n) is 6.38. The van der Waals surface area contributed by atoms with Gasteiger partial charge in [-0.15, -0.1) is 0 Å². The van der Waals surface area contributed by atoms with Gasteiger partial charge in [-0.3, -0.25) is 14.4 Å². The summed E-state index contributed by atoms with van der Waals surface area (Å²) in [6.45, 7) is 4.22. The molecule has 1 fully saturated rings. The molecule has 2 aliphatic rings. The molecule has 34 heavy (non-hydrogen) atoms. The number of hydrogen-bond donors (Lipinski definition) is 0. The average Bonchev–Trinajstić information content (AvgIpc) is 3.08. The van der Waals surface area contributed by atoms with E-state index in [1.54, 1.807) is 17.0 Å². The number of benzene rings is 2. The van der Waals surface area contributed by atoms with Crippen LogP contribution in [0.1, 0.15) is 58.3 Å². The number of carbonyl (C=O) groups excluding carboxylic acids is 3. The minimum Gasteiger partial charge on any atom is -0.324 e. The molecule has 1 heterocycles. The zero-order valence-electron chi connectivity index (χ0n) is 18.4. The topological polar surface area (TPSA) is 54.5 Å². The van der Waals surface area contributed by atoms with Crippen molar-refractivity contribution in [1.82, 2.24) is 4.90 Å². The summed E-state index contributed by atoms with van der Waals surface area (Å²) in [4.78, 5) is 39.3. The monoisotopic (exact) mass is 489 g/mol. The fourth-order valence-electron chi connectivity index (χ4n) is 4.59. The first kappa shape index (κ1) is 24.2. The Bertz CT molecular complexity index is 1190. The van der Waals surface area contributed by atoms with E-state index >= 15 is 0 Å². The predicted molar refractivity (Wildman–Crippen MR) is 122 cm³/mol. The minimum atomic E-state index is -4.58. The highest BCUT2D eigenvalue weighted by atomic mass is 35.5. The average molecular weight is 490 g/mol. The van der Waals surface area contributed by atoms with Gasteiger partial charge in [-0.2, -0.15) is 13.2 Å². The lowest BCUT2D eigenvalue weighted by Crippen LogP contribution is -2.43. The molecule has 4 rings (SSSR count). The van der Waals surface area contributed by atoms with Crippen LogP contribution in [-0.2, 0) is 35.2 Å². The largest absolute Gasteiger partial charge is 0.417 e. The van der Waals surface area contributed by atoms with Gasteiger partial charge in [0.05, 0.1) is 16.6 Å². The number of nitrogens with zero attached hydrogens (tertiary/aromatic N) is 1. The highest BCUT2D eigenvalue weighted by molar-refractivity contribution is 6.31. The van der Waals surface area contributed by atoms with Crippen molar-refractivity contribution in [2.75, 3.05) is 0 Å². The zero-order valence-corrected chi connectivity index (χ0v) is 19.1. The van der Waals surface area contributed by atoms with Crippen molar-refractivity contribution in [2.24, 2.45) is 0 Å². The second-order valence-electron chi connectivity index (χ2n) is 8.90. The summed E-state index contributed by atoms with van der Waals surface area (Å²) in [5, 5.41) is -0.398. The fraction of sp³-hybridized carbons (Fsp3) is 0.346. The maximum Gasteiger partial charge on any atom is 0.417 e. The van der Waals surface area contributed by atoms with Gasteiger partial charge in [0, 0.05) is 31.4 Å². The van der Waals surface area contributed by atoms with Gasteiger partial charge in [-0.25, -0.2) is 0 Å². The number of amides is 1. The van der Waals surface area contributed by atoms with Crippen molar-refractivity contribution in [3.63, 3.8) is 0 Å². The normalized spacial score (nSPS) is 18.4. The first-order chi connectivity index (χ1) is 16.0. The Kier molecular flexibility index (Phi) is 6.67. The summed E-state index contributed by atoms with van der Waals surface area (Å²) in [5.41, 5.74) is 2.44. The van der Waals surface area contributed by atoms with Crippen molar-refractivity contribution >= 4 is 29.1 Å². The van der Waals surface area contributed by atoms with E-state index in [1.165, 1.54) is 6.07 Å². The Morgan fingerprint density at radius 3 is 2.56 bits per heavy atom. The van der Waals surface area contributed by atoms with E-state index in [0.29, 0.717) is 31.4 Å². The van der Waals surface area contributed by atoms with Gasteiger partial charge in [-0.05, 0) is 54.2 Å². The second-order valence-corrected chi connectivity index (χ2v) is 9.31. The Balaban J connectivity index is 1.38. The molecule has 2 aromatic carbocycles. The molecule has 1 saturated carbocycles. The van der Waals surface area contributed by atoms with E-state index in [4.69, 9.17) is 11.6 Å². The third-order valence-corrected chi connectivity index (χ3v) is 6.70. The summed E-state index contributed by atoms with van der Waals surface area (Å²) >= 11 is 5.63. The van der Waals surface area contributed by atoms with Crippen LogP contribution in [0.5, 0.6) is 0 Å². The molecule has 2 aromatic rings. The number of halogens is 4. The van der Waals surface area contributed by atoms with Gasteiger partial charge in [0.2, 0.25) is 0 Å². The van der Waals surface area contributed by atoms with Crippen LogP contribution in [0, 0.1) is 0 Å². The molecule has 0 saturated heterocycles. The fourth-order valence-corrected chi connectivity index (χ4v) is 4.81. The maximum atomic E-state index is 13.0. The smallest absolute Gasteiger partial charge is 0.324 e. The number of Topliss-reactive ketones (excluding diaryl/α,β-unsaturated/α-hetero) is 2. The summed E-state index contributed by atoms with van der Waals surface area (Å²) in [7, 11) is 0. The molecule has 178 valence electrons. The van der Waals surface area contributed by atoms with Gasteiger partial charge in [0.15, 0.2) is 5.78 Å². The number of allylic oxidation sites excluding steroid dienone is 1. The van der Waals surface area contributed by atoms with E-state index < -0.39 is 22.8 Å². The van der Waals surface area contributed by atoms with E-state index in [1.807, 2.05) is 6.07 Å². The molecule has 0 spiro atoms. The van der Waals surface area contributed by atoms with Crippen LogP contribution in [0.25, 0.3) is 0 Å². The number of carbonyl (C=O) groups is 3. The van der Waals surface area contributed by atoms with Crippen LogP contribution < -0.4 is 0 Å². The van der Waals surface area contributed by atoms with E-state index in [-0.39, 0.29) is 35.9 Å². The number of ketones is 2. The van der Waals surface area contributed by atoms with Crippen molar-refractivity contribution < 1.29 is 27.6 Å². The molecule has 0 aromatic heterocycles. The quantitative estimate of drug-likeness (QED) is 0.486. The predicted octanol–water partition coefficient (Wildman–Crippen LogP) is 5.74. The van der Waals surface area contributed by atoms with Crippen molar-refractivity contribution in [2.45, 2.75) is 57.3 Å². The van der Waals surface area contributed by atoms with E-state index in [0.717, 1.165) is 35.3 Å². The zero-order chi connectivity index (χ0) is 24.6. The standard InChI is InChI=1S/C26H23ClF3NO3/c1-15-2-9-23(24(33)10-15)31-14-18-11-16(4-7-20(18)25(31)34)3-6-19(32)12-17-5-8-22(27)21(13-17)26(28,29)30/h4-5,7-8,11,13,23H,1-3,6,9-10,12,14H2. The second kappa shape index (κ2) is 9.37.